The summed E-state index contributed by atoms with van der Waals surface area (Å²) in [5.41, 5.74) is 1.17. The van der Waals surface area contributed by atoms with Gasteiger partial charge >= 0.3 is 12.2 Å². The van der Waals surface area contributed by atoms with E-state index in [4.69, 9.17) is 5.11 Å². The number of hydrogen-bond acceptors (Lipinski definition) is 3. The zero-order valence-corrected chi connectivity index (χ0v) is 12.8. The van der Waals surface area contributed by atoms with E-state index in [0.29, 0.717) is 12.2 Å². The van der Waals surface area contributed by atoms with Gasteiger partial charge in [-0.3, -0.25) is 4.68 Å². The van der Waals surface area contributed by atoms with Crippen molar-refractivity contribution >= 4 is 11.7 Å². The highest BCUT2D eigenvalue weighted by Gasteiger charge is 2.39. The lowest BCUT2D eigenvalue weighted by Crippen LogP contribution is -2.43. The molecule has 126 valence electrons. The topological polar surface area (TPSA) is 70.4 Å². The van der Waals surface area contributed by atoms with Crippen molar-refractivity contribution in [3.8, 4) is 0 Å². The molecule has 2 amide bonds. The molecule has 1 rings (SSSR count). The van der Waals surface area contributed by atoms with E-state index in [-0.39, 0.29) is 0 Å². The van der Waals surface area contributed by atoms with Gasteiger partial charge < -0.3 is 15.3 Å². The van der Waals surface area contributed by atoms with E-state index in [1.54, 1.807) is 11.6 Å². The second-order valence-electron chi connectivity index (χ2n) is 5.09. The number of carbonyl (C=O) groups is 1. The number of anilines is 1. The van der Waals surface area contributed by atoms with Crippen molar-refractivity contribution < 1.29 is 23.1 Å². The molecule has 1 atom stereocenters. The van der Waals surface area contributed by atoms with Crippen molar-refractivity contribution in [2.75, 3.05) is 18.9 Å². The Balaban J connectivity index is 2.63. The van der Waals surface area contributed by atoms with Crippen LogP contribution in [0.1, 0.15) is 25.5 Å². The number of aliphatic hydroxyl groups excluding tert-OH is 1. The van der Waals surface area contributed by atoms with Crippen LogP contribution in [0.5, 0.6) is 0 Å². The van der Waals surface area contributed by atoms with Gasteiger partial charge in [0.2, 0.25) is 0 Å². The molecule has 1 unspecified atom stereocenters. The van der Waals surface area contributed by atoms with Crippen LogP contribution >= 0.6 is 0 Å². The van der Waals surface area contributed by atoms with E-state index in [9.17, 15) is 18.0 Å². The summed E-state index contributed by atoms with van der Waals surface area (Å²) in [4.78, 5) is 12.6. The minimum absolute atomic E-state index is 0.439. The average molecular weight is 322 g/mol. The van der Waals surface area contributed by atoms with Gasteiger partial charge in [-0.15, -0.1) is 0 Å². The lowest BCUT2D eigenvalue weighted by atomic mass is 10.3. The number of nitrogens with one attached hydrogen (secondary N) is 1. The SMILES string of the molecule is CCCCn1ncc(NC(=O)N(C)CC(O)C(F)(F)F)c1C. The zero-order chi connectivity index (χ0) is 16.9. The molecule has 0 saturated carbocycles. The van der Waals surface area contributed by atoms with Crippen LogP contribution in [0.2, 0.25) is 0 Å². The minimum Gasteiger partial charge on any atom is -0.382 e. The second kappa shape index (κ2) is 7.48. The maximum absolute atomic E-state index is 12.3. The van der Waals surface area contributed by atoms with Gasteiger partial charge in [0.25, 0.3) is 0 Å². The number of hydrogen-bond donors (Lipinski definition) is 2. The Morgan fingerprint density at radius 1 is 1.55 bits per heavy atom. The molecule has 0 aliphatic heterocycles. The molecule has 6 nitrogen and oxygen atoms in total. The molecule has 0 spiro atoms. The number of unbranched alkanes of at least 4 members (excludes halogenated alkanes) is 1. The number of alkyl halides is 3. The predicted molar refractivity (Wildman–Crippen MR) is 75.6 cm³/mol. The summed E-state index contributed by atoms with van der Waals surface area (Å²) in [7, 11) is 1.18. The van der Waals surface area contributed by atoms with Crippen LogP contribution in [0.15, 0.2) is 6.20 Å². The first-order valence-electron chi connectivity index (χ1n) is 6.96. The monoisotopic (exact) mass is 322 g/mol. The summed E-state index contributed by atoms with van der Waals surface area (Å²) in [6, 6.07) is -0.735. The first kappa shape index (κ1) is 18.3. The number of aliphatic hydroxyl groups is 1. The summed E-state index contributed by atoms with van der Waals surface area (Å²) in [6.07, 6.45) is -3.93. The molecule has 0 aliphatic rings. The molecule has 1 aromatic rings. The Bertz CT molecular complexity index is 502. The van der Waals surface area contributed by atoms with Crippen molar-refractivity contribution in [1.82, 2.24) is 14.7 Å². The first-order valence-corrected chi connectivity index (χ1v) is 6.96. The largest absolute Gasteiger partial charge is 0.416 e. The van der Waals surface area contributed by atoms with Crippen molar-refractivity contribution in [3.63, 3.8) is 0 Å². The van der Waals surface area contributed by atoms with E-state index < -0.39 is 24.9 Å². The molecule has 0 bridgehead atoms. The summed E-state index contributed by atoms with van der Waals surface area (Å²) < 4.78 is 38.5. The molecule has 0 radical (unpaired) electrons. The fourth-order valence-electron chi connectivity index (χ4n) is 1.76. The summed E-state index contributed by atoms with van der Waals surface area (Å²) >= 11 is 0. The standard InChI is InChI=1S/C13H21F3N4O2/c1-4-5-6-20-9(2)10(7-17-20)18-12(22)19(3)8-11(21)13(14,15)16/h7,11,21H,4-6,8H2,1-3H3,(H,18,22). The van der Waals surface area contributed by atoms with Crippen molar-refractivity contribution in [3.05, 3.63) is 11.9 Å². The highest BCUT2D eigenvalue weighted by Crippen LogP contribution is 2.21. The molecule has 9 heteroatoms. The molecule has 2 N–H and O–H groups in total. The van der Waals surface area contributed by atoms with Gasteiger partial charge in [-0.25, -0.2) is 4.79 Å². The summed E-state index contributed by atoms with van der Waals surface area (Å²) in [5, 5.41) is 15.6. The fraction of sp³-hybridized carbons (Fsp3) is 0.692. The first-order chi connectivity index (χ1) is 10.2. The minimum atomic E-state index is -4.75. The Morgan fingerprint density at radius 3 is 2.73 bits per heavy atom. The molecular formula is C13H21F3N4O2. The quantitative estimate of drug-likeness (QED) is 0.845. The van der Waals surface area contributed by atoms with Crippen LogP contribution in [0.25, 0.3) is 0 Å². The number of urea groups is 1. The average Bonchev–Trinajstić information content (AvgIpc) is 2.76. The van der Waals surface area contributed by atoms with Crippen LogP contribution < -0.4 is 5.32 Å². The smallest absolute Gasteiger partial charge is 0.382 e. The van der Waals surface area contributed by atoms with Crippen LogP contribution in [0, 0.1) is 6.92 Å². The van der Waals surface area contributed by atoms with Crippen LogP contribution in [-0.4, -0.2) is 51.7 Å². The number of aryl methyl sites for hydroxylation is 1. The zero-order valence-electron chi connectivity index (χ0n) is 12.8. The number of nitrogens with zero attached hydrogens (tertiary/aromatic N) is 3. The molecule has 1 heterocycles. The molecule has 0 aromatic carbocycles. The Morgan fingerprint density at radius 2 is 2.18 bits per heavy atom. The molecule has 0 aliphatic carbocycles. The van der Waals surface area contributed by atoms with Crippen molar-refractivity contribution in [1.29, 1.82) is 0 Å². The Kier molecular flexibility index (Phi) is 6.21. The van der Waals surface area contributed by atoms with E-state index in [2.05, 4.69) is 10.4 Å². The van der Waals surface area contributed by atoms with Crippen LogP contribution in [0.4, 0.5) is 23.7 Å². The highest BCUT2D eigenvalue weighted by atomic mass is 19.4. The van der Waals surface area contributed by atoms with Crippen molar-refractivity contribution in [2.45, 2.75) is 45.5 Å². The molecule has 22 heavy (non-hydrogen) atoms. The van der Waals surface area contributed by atoms with Gasteiger partial charge in [0, 0.05) is 13.6 Å². The van der Waals surface area contributed by atoms with Gasteiger partial charge in [-0.05, 0) is 13.3 Å². The van der Waals surface area contributed by atoms with E-state index in [1.807, 2.05) is 6.92 Å². The van der Waals surface area contributed by atoms with Gasteiger partial charge in [0.1, 0.15) is 0 Å². The number of amides is 2. The molecular weight excluding hydrogens is 301 g/mol. The number of likely N-dealkylation sites (N-methyl/N-ethyl adjacent to an activating group) is 1. The predicted octanol–water partition coefficient (Wildman–Crippen LogP) is 2.38. The third-order valence-corrected chi connectivity index (χ3v) is 3.24. The maximum atomic E-state index is 12.3. The van der Waals surface area contributed by atoms with Gasteiger partial charge in [-0.2, -0.15) is 18.3 Å². The van der Waals surface area contributed by atoms with Gasteiger partial charge in [-0.1, -0.05) is 13.3 Å². The van der Waals surface area contributed by atoms with E-state index >= 15 is 0 Å². The number of rotatable bonds is 6. The van der Waals surface area contributed by atoms with E-state index in [1.165, 1.54) is 13.2 Å². The Labute approximate surface area is 126 Å². The lowest BCUT2D eigenvalue weighted by Gasteiger charge is -2.22. The van der Waals surface area contributed by atoms with Crippen molar-refractivity contribution in [2.24, 2.45) is 0 Å². The number of halogens is 3. The fourth-order valence-corrected chi connectivity index (χ4v) is 1.76. The van der Waals surface area contributed by atoms with Gasteiger partial charge in [0.15, 0.2) is 6.10 Å². The normalized spacial score (nSPS) is 13.0. The molecule has 0 saturated heterocycles. The summed E-state index contributed by atoms with van der Waals surface area (Å²) in [6.45, 7) is 3.68. The third-order valence-electron chi connectivity index (χ3n) is 3.24. The second-order valence-corrected chi connectivity index (χ2v) is 5.09. The molecule has 1 aromatic heterocycles. The van der Waals surface area contributed by atoms with Gasteiger partial charge in [0.05, 0.1) is 24.1 Å². The Hall–Kier alpha value is -1.77. The van der Waals surface area contributed by atoms with Crippen LogP contribution in [0.3, 0.4) is 0 Å². The lowest BCUT2D eigenvalue weighted by molar-refractivity contribution is -0.205. The van der Waals surface area contributed by atoms with Crippen LogP contribution in [-0.2, 0) is 6.54 Å². The third kappa shape index (κ3) is 4.90. The number of carbonyl (C=O) groups excluding carboxylic acids is 1. The number of aromatic nitrogens is 2. The maximum Gasteiger partial charge on any atom is 0.416 e. The highest BCUT2D eigenvalue weighted by molar-refractivity contribution is 5.89. The molecule has 0 fully saturated rings. The summed E-state index contributed by atoms with van der Waals surface area (Å²) in [5.74, 6) is 0. The van der Waals surface area contributed by atoms with E-state index in [0.717, 1.165) is 23.4 Å².